The van der Waals surface area contributed by atoms with Crippen molar-refractivity contribution in [1.29, 1.82) is 0 Å². The summed E-state index contributed by atoms with van der Waals surface area (Å²) in [4.78, 5) is 26.5. The van der Waals surface area contributed by atoms with Gasteiger partial charge in [-0.05, 0) is 38.3 Å². The van der Waals surface area contributed by atoms with Gasteiger partial charge >= 0.3 is 0 Å². The molecule has 3 aromatic rings. The number of para-hydroxylation sites is 1. The van der Waals surface area contributed by atoms with Crippen LogP contribution in [0.15, 0.2) is 47.5 Å². The monoisotopic (exact) mass is 543 g/mol. The molecule has 12 heteroatoms. The number of hydrogen-bond acceptors (Lipinski definition) is 7. The molecule has 1 amide bonds. The van der Waals surface area contributed by atoms with Gasteiger partial charge in [0.15, 0.2) is 34.7 Å². The Morgan fingerprint density at radius 1 is 1.23 bits per heavy atom. The largest absolute Gasteiger partial charge is 0.449 e. The number of ether oxygens (including phenoxy) is 3. The van der Waals surface area contributed by atoms with E-state index in [4.69, 9.17) is 14.2 Å². The van der Waals surface area contributed by atoms with Crippen molar-refractivity contribution in [2.75, 3.05) is 11.9 Å². The van der Waals surface area contributed by atoms with Gasteiger partial charge in [-0.15, -0.1) is 0 Å². The van der Waals surface area contributed by atoms with E-state index in [9.17, 15) is 18.4 Å². The van der Waals surface area contributed by atoms with Crippen molar-refractivity contribution in [2.45, 2.75) is 70.4 Å². The molecule has 0 spiro atoms. The van der Waals surface area contributed by atoms with E-state index in [-0.39, 0.29) is 17.8 Å². The molecule has 1 saturated carbocycles. The van der Waals surface area contributed by atoms with Crippen molar-refractivity contribution < 1.29 is 27.8 Å². The molecule has 2 aromatic heterocycles. The lowest BCUT2D eigenvalue weighted by Gasteiger charge is -2.21. The number of carbonyl (C=O) groups is 1. The maximum atomic E-state index is 14.0. The minimum atomic E-state index is -0.909. The van der Waals surface area contributed by atoms with E-state index in [0.717, 1.165) is 48.6 Å². The summed E-state index contributed by atoms with van der Waals surface area (Å²) >= 11 is 0. The summed E-state index contributed by atoms with van der Waals surface area (Å²) in [5.74, 6) is -3.08. The molecule has 1 aromatic carbocycles. The van der Waals surface area contributed by atoms with Crippen LogP contribution in [0.25, 0.3) is 0 Å². The highest BCUT2D eigenvalue weighted by Gasteiger charge is 2.33. The molecule has 5 rings (SSSR count). The highest BCUT2D eigenvalue weighted by molar-refractivity contribution is 5.92. The van der Waals surface area contributed by atoms with Crippen LogP contribution < -0.4 is 15.6 Å². The number of halogens is 2. The Morgan fingerprint density at radius 3 is 2.64 bits per heavy atom. The third-order valence-electron chi connectivity index (χ3n) is 6.92. The smallest absolute Gasteiger partial charge is 0.271 e. The lowest BCUT2D eigenvalue weighted by atomic mass is 9.98. The van der Waals surface area contributed by atoms with Crippen LogP contribution in [0.5, 0.6) is 11.5 Å². The van der Waals surface area contributed by atoms with Gasteiger partial charge in [0.25, 0.3) is 11.5 Å². The first kappa shape index (κ1) is 26.9. The van der Waals surface area contributed by atoms with E-state index in [2.05, 4.69) is 15.5 Å². The zero-order valence-corrected chi connectivity index (χ0v) is 21.8. The number of hydrogen-bond donors (Lipinski definition) is 1. The quantitative estimate of drug-likeness (QED) is 0.426. The van der Waals surface area contributed by atoms with Crippen molar-refractivity contribution in [1.82, 2.24) is 19.6 Å². The Balaban J connectivity index is 1.32. The van der Waals surface area contributed by atoms with Crippen LogP contribution in [-0.4, -0.2) is 44.0 Å². The van der Waals surface area contributed by atoms with Gasteiger partial charge in [0.2, 0.25) is 0 Å². The third-order valence-corrected chi connectivity index (χ3v) is 6.92. The second-order valence-electron chi connectivity index (χ2n) is 10.4. The van der Waals surface area contributed by atoms with Gasteiger partial charge in [-0.1, -0.05) is 31.7 Å². The summed E-state index contributed by atoms with van der Waals surface area (Å²) in [5, 5.41) is 11.4. The topological polar surface area (TPSA) is 110 Å². The van der Waals surface area contributed by atoms with E-state index in [0.29, 0.717) is 25.4 Å². The Kier molecular flexibility index (Phi) is 7.76. The van der Waals surface area contributed by atoms with Crippen LogP contribution in [0.3, 0.4) is 0 Å². The van der Waals surface area contributed by atoms with Gasteiger partial charge < -0.3 is 19.5 Å². The van der Waals surface area contributed by atoms with E-state index in [1.54, 1.807) is 16.9 Å². The van der Waals surface area contributed by atoms with Crippen LogP contribution >= 0.6 is 0 Å². The highest BCUT2D eigenvalue weighted by Crippen LogP contribution is 2.32. The number of aromatic nitrogens is 4. The molecule has 2 fully saturated rings. The van der Waals surface area contributed by atoms with Crippen LogP contribution in [0.4, 0.5) is 14.6 Å². The molecule has 2 unspecified atom stereocenters. The second kappa shape index (κ2) is 11.2. The minimum Gasteiger partial charge on any atom is -0.449 e. The van der Waals surface area contributed by atoms with Crippen molar-refractivity contribution >= 4 is 11.7 Å². The molecule has 0 radical (unpaired) electrons. The molecule has 2 atom stereocenters. The first-order valence-corrected chi connectivity index (χ1v) is 13.0. The van der Waals surface area contributed by atoms with Crippen molar-refractivity contribution in [3.8, 4) is 11.5 Å². The summed E-state index contributed by atoms with van der Waals surface area (Å²) in [6.07, 6.45) is 7.20. The lowest BCUT2D eigenvalue weighted by Crippen LogP contribution is -2.36. The number of nitrogens with zero attached hydrogens (tertiary/aromatic N) is 4. The molecule has 39 heavy (non-hydrogen) atoms. The van der Waals surface area contributed by atoms with Crippen molar-refractivity contribution in [3.63, 3.8) is 0 Å². The van der Waals surface area contributed by atoms with E-state index in [1.807, 2.05) is 13.8 Å². The normalized spacial score (nSPS) is 19.7. The average molecular weight is 544 g/mol. The molecular weight excluding hydrogens is 512 g/mol. The maximum absolute atomic E-state index is 14.0. The van der Waals surface area contributed by atoms with Gasteiger partial charge in [-0.3, -0.25) is 14.3 Å². The van der Waals surface area contributed by atoms with Crippen LogP contribution in [0.2, 0.25) is 0 Å². The Labute approximate surface area is 223 Å². The molecule has 1 aliphatic heterocycles. The van der Waals surface area contributed by atoms with Crippen LogP contribution in [0.1, 0.15) is 52.0 Å². The van der Waals surface area contributed by atoms with Gasteiger partial charge in [0.05, 0.1) is 19.3 Å². The fraction of sp³-hybridized carbons (Fsp3) is 0.481. The van der Waals surface area contributed by atoms with E-state index >= 15 is 0 Å². The first-order chi connectivity index (χ1) is 18.7. The van der Waals surface area contributed by atoms with Gasteiger partial charge in [-0.25, -0.2) is 13.5 Å². The lowest BCUT2D eigenvalue weighted by molar-refractivity contribution is -0.139. The minimum absolute atomic E-state index is 0.139. The third kappa shape index (κ3) is 6.51. The second-order valence-corrected chi connectivity index (χ2v) is 10.4. The maximum Gasteiger partial charge on any atom is 0.271 e. The number of anilines is 1. The SMILES string of the molecule is CC1(C)OCC(Cn2ccc(NC(=O)C(CC3CCCC3)n3ncc(Oc4c(F)cccc4F)cc3=O)n2)O1. The number of benzene rings is 1. The van der Waals surface area contributed by atoms with Crippen LogP contribution in [0, 0.1) is 17.6 Å². The molecule has 208 valence electrons. The molecule has 3 heterocycles. The molecule has 0 bridgehead atoms. The fourth-order valence-electron chi connectivity index (χ4n) is 5.07. The van der Waals surface area contributed by atoms with Gasteiger partial charge in [0.1, 0.15) is 12.1 Å². The van der Waals surface area contributed by atoms with E-state index < -0.39 is 40.7 Å². The number of carbonyl (C=O) groups excluding carboxylic acids is 1. The number of amides is 1. The van der Waals surface area contributed by atoms with Crippen molar-refractivity contribution in [3.05, 3.63) is 64.7 Å². The first-order valence-electron chi connectivity index (χ1n) is 13.0. The number of nitrogens with one attached hydrogen (secondary N) is 1. The molecular formula is C27H31F2N5O5. The molecule has 10 nitrogen and oxygen atoms in total. The number of rotatable bonds is 9. The Morgan fingerprint density at radius 2 is 1.97 bits per heavy atom. The summed E-state index contributed by atoms with van der Waals surface area (Å²) in [7, 11) is 0. The molecule has 1 N–H and O–H groups in total. The van der Waals surface area contributed by atoms with Gasteiger partial charge in [0, 0.05) is 18.3 Å². The zero-order chi connectivity index (χ0) is 27.6. The molecule has 1 aliphatic carbocycles. The van der Waals surface area contributed by atoms with Crippen LogP contribution in [-0.2, 0) is 20.8 Å². The van der Waals surface area contributed by atoms with Crippen molar-refractivity contribution in [2.24, 2.45) is 5.92 Å². The molecule has 1 saturated heterocycles. The standard InChI is InChI=1S/C27H31F2N5O5/c1-27(2)37-16-19(39-27)15-33-11-10-23(32-33)31-26(36)22(12-17-6-3-4-7-17)34-24(35)13-18(14-30-34)38-25-20(28)8-5-9-21(25)29/h5,8-11,13-14,17,19,22H,3-4,6-7,12,15-16H2,1-2H3,(H,31,32,36). The summed E-state index contributed by atoms with van der Waals surface area (Å²) in [6, 6.07) is 5.13. The van der Waals surface area contributed by atoms with E-state index in [1.165, 1.54) is 12.3 Å². The summed E-state index contributed by atoms with van der Waals surface area (Å²) < 4.78 is 47.4. The summed E-state index contributed by atoms with van der Waals surface area (Å²) in [6.45, 7) is 4.59. The molecule has 2 aliphatic rings. The Hall–Kier alpha value is -3.64. The Bertz CT molecular complexity index is 1360. The highest BCUT2D eigenvalue weighted by atomic mass is 19.1. The fourth-order valence-corrected chi connectivity index (χ4v) is 5.07. The van der Waals surface area contributed by atoms with Gasteiger partial charge in [-0.2, -0.15) is 10.2 Å². The zero-order valence-electron chi connectivity index (χ0n) is 21.8. The average Bonchev–Trinajstić information content (AvgIpc) is 3.63. The summed E-state index contributed by atoms with van der Waals surface area (Å²) in [5.41, 5.74) is -0.631. The predicted octanol–water partition coefficient (Wildman–Crippen LogP) is 4.42. The predicted molar refractivity (Wildman–Crippen MR) is 136 cm³/mol.